The molecule has 1 amide bonds. The number of rotatable bonds is 7. The number of ether oxygens (including phenoxy) is 3. The van der Waals surface area contributed by atoms with Crippen molar-refractivity contribution in [2.75, 3.05) is 26.1 Å². The average Bonchev–Trinajstić information content (AvgIpc) is 3.15. The van der Waals surface area contributed by atoms with E-state index in [1.807, 2.05) is 19.1 Å². The van der Waals surface area contributed by atoms with Gasteiger partial charge in [0.15, 0.2) is 18.1 Å². The summed E-state index contributed by atoms with van der Waals surface area (Å²) in [6, 6.07) is 10.6. The van der Waals surface area contributed by atoms with E-state index >= 15 is 0 Å². The highest BCUT2D eigenvalue weighted by molar-refractivity contribution is 7.17. The molecule has 0 aliphatic carbocycles. The standard InChI is InChI=1S/C22H21ClN2O5S/c1-12-5-7-16(15(23)9-12)25-19(26)11-30-22(27)20-13(2)24-21(31-20)14-6-8-17(28-3)18(10-14)29-4/h5-10H,11H2,1-4H3,(H,25,26). The maximum atomic E-state index is 12.5. The molecule has 7 nitrogen and oxygen atoms in total. The molecule has 1 heterocycles. The zero-order valence-electron chi connectivity index (χ0n) is 17.4. The number of benzene rings is 2. The van der Waals surface area contributed by atoms with E-state index in [4.69, 9.17) is 25.8 Å². The molecule has 0 bridgehead atoms. The van der Waals surface area contributed by atoms with Gasteiger partial charge in [-0.2, -0.15) is 0 Å². The molecule has 0 spiro atoms. The second-order valence-corrected chi connectivity index (χ2v) is 8.02. The Balaban J connectivity index is 1.67. The van der Waals surface area contributed by atoms with Crippen LogP contribution < -0.4 is 14.8 Å². The molecule has 162 valence electrons. The first-order valence-corrected chi connectivity index (χ1v) is 10.4. The Morgan fingerprint density at radius 1 is 1.06 bits per heavy atom. The summed E-state index contributed by atoms with van der Waals surface area (Å²) in [6.07, 6.45) is 0. The van der Waals surface area contributed by atoms with E-state index in [0.29, 0.717) is 37.8 Å². The van der Waals surface area contributed by atoms with Gasteiger partial charge in [-0.15, -0.1) is 11.3 Å². The Kier molecular flexibility index (Phi) is 7.14. The summed E-state index contributed by atoms with van der Waals surface area (Å²) < 4.78 is 15.7. The number of nitrogens with one attached hydrogen (secondary N) is 1. The van der Waals surface area contributed by atoms with Gasteiger partial charge >= 0.3 is 5.97 Å². The number of thiazole rings is 1. The third-order valence-electron chi connectivity index (χ3n) is 4.35. The van der Waals surface area contributed by atoms with E-state index in [2.05, 4.69) is 10.3 Å². The van der Waals surface area contributed by atoms with Gasteiger partial charge in [-0.3, -0.25) is 4.79 Å². The average molecular weight is 461 g/mol. The van der Waals surface area contributed by atoms with Crippen molar-refractivity contribution in [1.29, 1.82) is 0 Å². The Hall–Kier alpha value is -3.10. The molecule has 0 unspecified atom stereocenters. The fraction of sp³-hybridized carbons (Fsp3) is 0.227. The van der Waals surface area contributed by atoms with Gasteiger partial charge in [0.1, 0.15) is 9.88 Å². The Bertz CT molecular complexity index is 1130. The maximum Gasteiger partial charge on any atom is 0.350 e. The number of aromatic nitrogens is 1. The molecule has 0 fully saturated rings. The third kappa shape index (κ3) is 5.34. The summed E-state index contributed by atoms with van der Waals surface area (Å²) in [5.41, 5.74) is 2.72. The van der Waals surface area contributed by atoms with Gasteiger partial charge in [0.05, 0.1) is 30.6 Å². The normalized spacial score (nSPS) is 10.5. The number of carbonyl (C=O) groups is 2. The summed E-state index contributed by atoms with van der Waals surface area (Å²) in [4.78, 5) is 29.4. The molecule has 0 aliphatic heterocycles. The van der Waals surface area contributed by atoms with Gasteiger partial charge in [-0.05, 0) is 49.7 Å². The highest BCUT2D eigenvalue weighted by Gasteiger charge is 2.20. The van der Waals surface area contributed by atoms with Crippen molar-refractivity contribution >= 4 is 40.5 Å². The van der Waals surface area contributed by atoms with E-state index in [1.54, 1.807) is 45.4 Å². The molecular formula is C22H21ClN2O5S. The second kappa shape index (κ2) is 9.80. The number of anilines is 1. The number of esters is 1. The number of halogens is 1. The Morgan fingerprint density at radius 2 is 1.81 bits per heavy atom. The predicted molar refractivity (Wildman–Crippen MR) is 120 cm³/mol. The number of hydrogen-bond acceptors (Lipinski definition) is 7. The smallest absolute Gasteiger partial charge is 0.350 e. The molecule has 0 radical (unpaired) electrons. The summed E-state index contributed by atoms with van der Waals surface area (Å²) >= 11 is 7.29. The predicted octanol–water partition coefficient (Wildman–Crippen LogP) is 4.89. The lowest BCUT2D eigenvalue weighted by Crippen LogP contribution is -2.21. The minimum Gasteiger partial charge on any atom is -0.493 e. The number of methoxy groups -OCH3 is 2. The largest absolute Gasteiger partial charge is 0.493 e. The van der Waals surface area contributed by atoms with Crippen LogP contribution >= 0.6 is 22.9 Å². The number of nitrogens with zero attached hydrogens (tertiary/aromatic N) is 1. The van der Waals surface area contributed by atoms with Crippen LogP contribution in [0, 0.1) is 13.8 Å². The van der Waals surface area contributed by atoms with Crippen molar-refractivity contribution in [2.24, 2.45) is 0 Å². The molecule has 9 heteroatoms. The van der Waals surface area contributed by atoms with Gasteiger partial charge in [0.2, 0.25) is 0 Å². The molecule has 31 heavy (non-hydrogen) atoms. The topological polar surface area (TPSA) is 86.8 Å². The summed E-state index contributed by atoms with van der Waals surface area (Å²) in [5, 5.41) is 3.67. The zero-order valence-corrected chi connectivity index (χ0v) is 19.0. The summed E-state index contributed by atoms with van der Waals surface area (Å²) in [6.45, 7) is 3.17. The fourth-order valence-electron chi connectivity index (χ4n) is 2.78. The number of aryl methyl sites for hydroxylation is 2. The van der Waals surface area contributed by atoms with Crippen LogP contribution in [0.1, 0.15) is 20.9 Å². The highest BCUT2D eigenvalue weighted by Crippen LogP contribution is 2.35. The van der Waals surface area contributed by atoms with Crippen LogP contribution in [0.5, 0.6) is 11.5 Å². The van der Waals surface area contributed by atoms with E-state index < -0.39 is 18.5 Å². The van der Waals surface area contributed by atoms with Crippen LogP contribution in [0.3, 0.4) is 0 Å². The second-order valence-electron chi connectivity index (χ2n) is 6.61. The molecule has 0 aliphatic rings. The number of hydrogen-bond donors (Lipinski definition) is 1. The molecule has 2 aromatic carbocycles. The molecule has 0 atom stereocenters. The minimum atomic E-state index is -0.619. The van der Waals surface area contributed by atoms with Crippen LogP contribution in [-0.4, -0.2) is 37.7 Å². The first kappa shape index (κ1) is 22.6. The van der Waals surface area contributed by atoms with Crippen LogP contribution in [0.4, 0.5) is 5.69 Å². The van der Waals surface area contributed by atoms with E-state index in [1.165, 1.54) is 11.3 Å². The molecule has 1 aromatic heterocycles. The van der Waals surface area contributed by atoms with E-state index in [-0.39, 0.29) is 0 Å². The lowest BCUT2D eigenvalue weighted by molar-refractivity contribution is -0.119. The molecular weight excluding hydrogens is 440 g/mol. The lowest BCUT2D eigenvalue weighted by Gasteiger charge is -2.08. The van der Waals surface area contributed by atoms with Crippen molar-refractivity contribution in [3.05, 3.63) is 57.6 Å². The van der Waals surface area contributed by atoms with Gasteiger partial charge in [0.25, 0.3) is 5.91 Å². The van der Waals surface area contributed by atoms with E-state index in [9.17, 15) is 9.59 Å². The van der Waals surface area contributed by atoms with Gasteiger partial charge in [-0.1, -0.05) is 17.7 Å². The zero-order chi connectivity index (χ0) is 22.5. The van der Waals surface area contributed by atoms with Crippen molar-refractivity contribution in [1.82, 2.24) is 4.98 Å². The monoisotopic (exact) mass is 460 g/mol. The van der Waals surface area contributed by atoms with Crippen LogP contribution in [0.25, 0.3) is 10.6 Å². The first-order valence-electron chi connectivity index (χ1n) is 9.25. The van der Waals surface area contributed by atoms with Crippen molar-refractivity contribution in [3.8, 4) is 22.1 Å². The fourth-order valence-corrected chi connectivity index (χ4v) is 4.02. The van der Waals surface area contributed by atoms with Gasteiger partial charge < -0.3 is 19.5 Å². The molecule has 0 saturated carbocycles. The third-order valence-corrected chi connectivity index (χ3v) is 5.84. The first-order chi connectivity index (χ1) is 14.8. The molecule has 1 N–H and O–H groups in total. The minimum absolute atomic E-state index is 0.325. The SMILES string of the molecule is COc1ccc(-c2nc(C)c(C(=O)OCC(=O)Nc3ccc(C)cc3Cl)s2)cc1OC. The number of amides is 1. The lowest BCUT2D eigenvalue weighted by atomic mass is 10.2. The van der Waals surface area contributed by atoms with Gasteiger partial charge in [-0.25, -0.2) is 9.78 Å². The molecule has 3 aromatic rings. The van der Waals surface area contributed by atoms with Crippen LogP contribution in [0.2, 0.25) is 5.02 Å². The van der Waals surface area contributed by atoms with E-state index in [0.717, 1.165) is 11.1 Å². The van der Waals surface area contributed by atoms with Crippen LogP contribution in [0.15, 0.2) is 36.4 Å². The quantitative estimate of drug-likeness (QED) is 0.505. The Labute approximate surface area is 188 Å². The highest BCUT2D eigenvalue weighted by atomic mass is 35.5. The maximum absolute atomic E-state index is 12.5. The summed E-state index contributed by atoms with van der Waals surface area (Å²) in [5.74, 6) is 0.0514. The molecule has 3 rings (SSSR count). The Morgan fingerprint density at radius 3 is 2.48 bits per heavy atom. The van der Waals surface area contributed by atoms with Crippen molar-refractivity contribution in [3.63, 3.8) is 0 Å². The number of carbonyl (C=O) groups excluding carboxylic acids is 2. The van der Waals surface area contributed by atoms with Crippen molar-refractivity contribution in [2.45, 2.75) is 13.8 Å². The van der Waals surface area contributed by atoms with Crippen molar-refractivity contribution < 1.29 is 23.8 Å². The van der Waals surface area contributed by atoms with Crippen LogP contribution in [-0.2, 0) is 9.53 Å². The summed E-state index contributed by atoms with van der Waals surface area (Å²) in [7, 11) is 3.11. The molecule has 0 saturated heterocycles. The van der Waals surface area contributed by atoms with Gasteiger partial charge in [0, 0.05) is 5.56 Å².